The van der Waals surface area contributed by atoms with Crippen LogP contribution in [0.25, 0.3) is 0 Å². The van der Waals surface area contributed by atoms with Crippen molar-refractivity contribution in [3.05, 3.63) is 35.6 Å². The van der Waals surface area contributed by atoms with Crippen molar-refractivity contribution < 1.29 is 9.18 Å². The van der Waals surface area contributed by atoms with Gasteiger partial charge in [0, 0.05) is 6.04 Å². The molecule has 4 heteroatoms. The van der Waals surface area contributed by atoms with Crippen molar-refractivity contribution in [3.63, 3.8) is 0 Å². The highest BCUT2D eigenvalue weighted by Gasteiger charge is 2.23. The topological polar surface area (TPSA) is 29.1 Å². The lowest BCUT2D eigenvalue weighted by molar-refractivity contribution is -0.121. The Morgan fingerprint density at radius 1 is 1.26 bits per heavy atom. The van der Waals surface area contributed by atoms with Crippen molar-refractivity contribution in [1.29, 1.82) is 0 Å². The molecule has 0 bridgehead atoms. The summed E-state index contributed by atoms with van der Waals surface area (Å²) in [7, 11) is 0. The summed E-state index contributed by atoms with van der Waals surface area (Å²) in [5.74, 6) is -0.483. The SMILES string of the molecule is O=C(Cc1ccccc1F)NC1CCCCCC1Cl. The number of hydrogen-bond donors (Lipinski definition) is 1. The molecule has 0 heterocycles. The summed E-state index contributed by atoms with van der Waals surface area (Å²) < 4.78 is 13.5. The molecule has 2 rings (SSSR count). The van der Waals surface area contributed by atoms with Crippen LogP contribution in [0, 0.1) is 5.82 Å². The molecule has 2 unspecified atom stereocenters. The van der Waals surface area contributed by atoms with E-state index in [0.717, 1.165) is 25.7 Å². The first-order valence-electron chi connectivity index (χ1n) is 6.83. The Labute approximate surface area is 118 Å². The summed E-state index contributed by atoms with van der Waals surface area (Å²) in [6, 6.07) is 6.39. The van der Waals surface area contributed by atoms with E-state index in [-0.39, 0.29) is 29.6 Å². The molecule has 0 saturated heterocycles. The lowest BCUT2D eigenvalue weighted by Crippen LogP contribution is -2.41. The van der Waals surface area contributed by atoms with Gasteiger partial charge in [-0.2, -0.15) is 0 Å². The predicted molar refractivity (Wildman–Crippen MR) is 74.8 cm³/mol. The largest absolute Gasteiger partial charge is 0.352 e. The van der Waals surface area contributed by atoms with E-state index < -0.39 is 0 Å². The zero-order valence-electron chi connectivity index (χ0n) is 10.9. The third-order valence-electron chi connectivity index (χ3n) is 3.59. The first-order chi connectivity index (χ1) is 9.16. The van der Waals surface area contributed by atoms with Crippen LogP contribution in [0.15, 0.2) is 24.3 Å². The van der Waals surface area contributed by atoms with Crippen molar-refractivity contribution in [1.82, 2.24) is 5.32 Å². The molecule has 0 aromatic heterocycles. The summed E-state index contributed by atoms with van der Waals surface area (Å²) in [5.41, 5.74) is 0.430. The minimum absolute atomic E-state index is 0.00734. The van der Waals surface area contributed by atoms with Crippen molar-refractivity contribution in [2.75, 3.05) is 0 Å². The monoisotopic (exact) mass is 283 g/mol. The molecule has 1 aliphatic carbocycles. The van der Waals surface area contributed by atoms with Crippen LogP contribution in [-0.4, -0.2) is 17.3 Å². The van der Waals surface area contributed by atoms with Crippen LogP contribution in [0.1, 0.15) is 37.7 Å². The van der Waals surface area contributed by atoms with E-state index in [1.807, 2.05) is 0 Å². The zero-order chi connectivity index (χ0) is 13.7. The molecular formula is C15H19ClFNO. The van der Waals surface area contributed by atoms with Gasteiger partial charge in [0.15, 0.2) is 0 Å². The van der Waals surface area contributed by atoms with Crippen LogP contribution in [0.5, 0.6) is 0 Å². The first-order valence-corrected chi connectivity index (χ1v) is 7.27. The molecule has 2 nitrogen and oxygen atoms in total. The zero-order valence-corrected chi connectivity index (χ0v) is 11.6. The Bertz CT molecular complexity index is 438. The van der Waals surface area contributed by atoms with Crippen LogP contribution in [0.2, 0.25) is 0 Å². The second-order valence-corrected chi connectivity index (χ2v) is 5.66. The Hall–Kier alpha value is -1.09. The lowest BCUT2D eigenvalue weighted by atomic mass is 10.1. The molecule has 1 fully saturated rings. The van der Waals surface area contributed by atoms with E-state index in [0.29, 0.717) is 5.56 Å². The van der Waals surface area contributed by atoms with Gasteiger partial charge in [0.2, 0.25) is 5.91 Å². The number of carbonyl (C=O) groups is 1. The van der Waals surface area contributed by atoms with Gasteiger partial charge in [0.1, 0.15) is 5.82 Å². The van der Waals surface area contributed by atoms with Crippen molar-refractivity contribution >= 4 is 17.5 Å². The maximum absolute atomic E-state index is 13.5. The molecule has 1 aromatic rings. The van der Waals surface area contributed by atoms with E-state index in [2.05, 4.69) is 5.32 Å². The number of amides is 1. The third kappa shape index (κ3) is 4.20. The fourth-order valence-corrected chi connectivity index (χ4v) is 2.84. The van der Waals surface area contributed by atoms with Crippen molar-refractivity contribution in [3.8, 4) is 0 Å². The van der Waals surface area contributed by atoms with Crippen LogP contribution in [-0.2, 0) is 11.2 Å². The number of benzene rings is 1. The summed E-state index contributed by atoms with van der Waals surface area (Å²) >= 11 is 6.28. The fraction of sp³-hybridized carbons (Fsp3) is 0.533. The smallest absolute Gasteiger partial charge is 0.224 e. The molecule has 1 saturated carbocycles. The molecule has 0 radical (unpaired) electrons. The standard InChI is InChI=1S/C15H19ClFNO/c16-12-7-2-1-3-9-14(12)18-15(19)10-11-6-4-5-8-13(11)17/h4-6,8,12,14H,1-3,7,9-10H2,(H,18,19). The molecule has 1 aromatic carbocycles. The maximum atomic E-state index is 13.5. The van der Waals surface area contributed by atoms with Gasteiger partial charge in [-0.3, -0.25) is 4.79 Å². The number of alkyl halides is 1. The van der Waals surface area contributed by atoms with Gasteiger partial charge in [-0.25, -0.2) is 4.39 Å². The third-order valence-corrected chi connectivity index (χ3v) is 4.11. The number of halogens is 2. The van der Waals surface area contributed by atoms with Crippen molar-refractivity contribution in [2.24, 2.45) is 0 Å². The van der Waals surface area contributed by atoms with Gasteiger partial charge in [-0.1, -0.05) is 37.5 Å². The van der Waals surface area contributed by atoms with Gasteiger partial charge in [-0.15, -0.1) is 11.6 Å². The molecule has 104 valence electrons. The molecular weight excluding hydrogens is 265 g/mol. The summed E-state index contributed by atoms with van der Waals surface area (Å²) in [6.07, 6.45) is 5.31. The van der Waals surface area contributed by atoms with Crippen LogP contribution >= 0.6 is 11.6 Å². The number of rotatable bonds is 3. The Kier molecular flexibility index (Phi) is 5.20. The highest BCUT2D eigenvalue weighted by molar-refractivity contribution is 6.21. The highest BCUT2D eigenvalue weighted by atomic mass is 35.5. The second kappa shape index (κ2) is 6.90. The average molecular weight is 284 g/mol. The van der Waals surface area contributed by atoms with Gasteiger partial charge in [-0.05, 0) is 24.5 Å². The normalized spacial score (nSPS) is 23.7. The van der Waals surface area contributed by atoms with Crippen LogP contribution < -0.4 is 5.32 Å². The van der Waals surface area contributed by atoms with Crippen LogP contribution in [0.3, 0.4) is 0 Å². The number of carbonyl (C=O) groups excluding carboxylic acids is 1. The van der Waals surface area contributed by atoms with Crippen LogP contribution in [0.4, 0.5) is 4.39 Å². The maximum Gasteiger partial charge on any atom is 0.224 e. The Balaban J connectivity index is 1.92. The minimum Gasteiger partial charge on any atom is -0.352 e. The Morgan fingerprint density at radius 3 is 2.79 bits per heavy atom. The van der Waals surface area contributed by atoms with Gasteiger partial charge < -0.3 is 5.32 Å². The molecule has 1 aliphatic rings. The first kappa shape index (κ1) is 14.3. The molecule has 2 atom stereocenters. The molecule has 0 spiro atoms. The average Bonchev–Trinajstić information content (AvgIpc) is 2.58. The van der Waals surface area contributed by atoms with Gasteiger partial charge >= 0.3 is 0 Å². The molecule has 0 aliphatic heterocycles. The van der Waals surface area contributed by atoms with E-state index in [4.69, 9.17) is 11.6 Å². The van der Waals surface area contributed by atoms with Gasteiger partial charge in [0.25, 0.3) is 0 Å². The highest BCUT2D eigenvalue weighted by Crippen LogP contribution is 2.22. The fourth-order valence-electron chi connectivity index (χ4n) is 2.50. The number of hydrogen-bond acceptors (Lipinski definition) is 1. The van der Waals surface area contributed by atoms with E-state index in [9.17, 15) is 9.18 Å². The minimum atomic E-state index is -0.332. The number of nitrogens with one attached hydrogen (secondary N) is 1. The molecule has 19 heavy (non-hydrogen) atoms. The summed E-state index contributed by atoms with van der Waals surface area (Å²) in [4.78, 5) is 12.0. The second-order valence-electron chi connectivity index (χ2n) is 5.10. The van der Waals surface area contributed by atoms with Gasteiger partial charge in [0.05, 0.1) is 11.8 Å². The molecule has 1 amide bonds. The van der Waals surface area contributed by atoms with Crippen molar-refractivity contribution in [2.45, 2.75) is 49.9 Å². The predicted octanol–water partition coefficient (Wildman–Crippen LogP) is 3.42. The summed E-state index contributed by atoms with van der Waals surface area (Å²) in [5, 5.41) is 2.94. The lowest BCUT2D eigenvalue weighted by Gasteiger charge is -2.21. The molecule has 1 N–H and O–H groups in total. The quantitative estimate of drug-likeness (QED) is 0.668. The van der Waals surface area contributed by atoms with E-state index in [1.54, 1.807) is 18.2 Å². The van der Waals surface area contributed by atoms with E-state index >= 15 is 0 Å². The van der Waals surface area contributed by atoms with E-state index in [1.165, 1.54) is 12.5 Å². The summed E-state index contributed by atoms with van der Waals surface area (Å²) in [6.45, 7) is 0. The Morgan fingerprint density at radius 2 is 2.00 bits per heavy atom.